The summed E-state index contributed by atoms with van der Waals surface area (Å²) in [5.41, 5.74) is 3.48. The first-order valence-electron chi connectivity index (χ1n) is 7.60. The molecule has 0 radical (unpaired) electrons. The lowest BCUT2D eigenvalue weighted by molar-refractivity contribution is 0.249. The van der Waals surface area contributed by atoms with Crippen LogP contribution in [0.2, 0.25) is 0 Å². The quantitative estimate of drug-likeness (QED) is 0.760. The van der Waals surface area contributed by atoms with Gasteiger partial charge < -0.3 is 9.80 Å². The number of hydrogen-bond donors (Lipinski definition) is 0. The smallest absolute Gasteiger partial charge is 0.0525 e. The summed E-state index contributed by atoms with van der Waals surface area (Å²) in [6, 6.07) is 7.13. The number of piperidine rings is 1. The number of anilines is 1. The van der Waals surface area contributed by atoms with Crippen LogP contribution in [-0.2, 0) is 0 Å². The van der Waals surface area contributed by atoms with Crippen LogP contribution in [0, 0.1) is 19.3 Å². The molecule has 0 unspecified atom stereocenters. The summed E-state index contributed by atoms with van der Waals surface area (Å²) in [6.07, 6.45) is 8.04. The highest BCUT2D eigenvalue weighted by Gasteiger charge is 2.21. The minimum atomic E-state index is 0.709. The topological polar surface area (TPSA) is 6.48 Å². The van der Waals surface area contributed by atoms with E-state index < -0.39 is 0 Å². The first-order valence-corrected chi connectivity index (χ1v) is 7.60. The monoisotopic (exact) mass is 272 g/mol. The van der Waals surface area contributed by atoms with Gasteiger partial charge in [-0.2, -0.15) is 0 Å². The Morgan fingerprint density at radius 2 is 1.80 bits per heavy atom. The third kappa shape index (κ3) is 4.02. The van der Waals surface area contributed by atoms with Gasteiger partial charge in [0.1, 0.15) is 0 Å². The Morgan fingerprint density at radius 3 is 2.30 bits per heavy atom. The van der Waals surface area contributed by atoms with Crippen molar-refractivity contribution in [3.05, 3.63) is 29.3 Å². The summed E-state index contributed by atoms with van der Waals surface area (Å²) in [6.45, 7) is 8.28. The molecular formula is C18H28N2. The van der Waals surface area contributed by atoms with Gasteiger partial charge in [0.25, 0.3) is 0 Å². The highest BCUT2D eigenvalue weighted by molar-refractivity contribution is 5.61. The lowest BCUT2D eigenvalue weighted by atomic mass is 10.0. The maximum Gasteiger partial charge on any atom is 0.0525 e. The molecule has 0 saturated carbocycles. The van der Waals surface area contributed by atoms with Crippen LogP contribution in [0.25, 0.3) is 0 Å². The van der Waals surface area contributed by atoms with Gasteiger partial charge in [0, 0.05) is 24.7 Å². The molecule has 2 nitrogen and oxygen atoms in total. The van der Waals surface area contributed by atoms with Gasteiger partial charge in [0.2, 0.25) is 0 Å². The van der Waals surface area contributed by atoms with Crippen molar-refractivity contribution in [1.82, 2.24) is 4.90 Å². The molecule has 2 rings (SSSR count). The second-order valence-corrected chi connectivity index (χ2v) is 5.35. The summed E-state index contributed by atoms with van der Waals surface area (Å²) in [5, 5.41) is 0. The molecule has 1 aliphatic rings. The highest BCUT2D eigenvalue weighted by atomic mass is 15.2. The molecule has 1 saturated heterocycles. The first kappa shape index (κ1) is 16.6. The van der Waals surface area contributed by atoms with E-state index in [1.165, 1.54) is 24.1 Å². The van der Waals surface area contributed by atoms with E-state index in [1.54, 1.807) is 0 Å². The average Bonchev–Trinajstić information content (AvgIpc) is 2.49. The predicted octanol–water partition coefficient (Wildman–Crippen LogP) is 3.53. The van der Waals surface area contributed by atoms with Crippen molar-refractivity contribution < 1.29 is 0 Å². The van der Waals surface area contributed by atoms with E-state index in [2.05, 4.69) is 54.9 Å². The maximum absolute atomic E-state index is 5.62. The Balaban J connectivity index is 0.000000956. The predicted molar refractivity (Wildman–Crippen MR) is 89.4 cm³/mol. The van der Waals surface area contributed by atoms with Gasteiger partial charge in [-0.05, 0) is 51.6 Å². The van der Waals surface area contributed by atoms with Gasteiger partial charge in [0.05, 0.1) is 5.69 Å². The minimum absolute atomic E-state index is 0.709. The lowest BCUT2D eigenvalue weighted by Gasteiger charge is -2.37. The lowest BCUT2D eigenvalue weighted by Crippen LogP contribution is -2.42. The number of aryl methyl sites for hydroxylation is 1. The molecule has 1 aromatic carbocycles. The van der Waals surface area contributed by atoms with Crippen molar-refractivity contribution in [3.8, 4) is 12.3 Å². The van der Waals surface area contributed by atoms with Gasteiger partial charge in [-0.15, -0.1) is 6.42 Å². The van der Waals surface area contributed by atoms with Crippen molar-refractivity contribution >= 4 is 5.69 Å². The van der Waals surface area contributed by atoms with E-state index in [4.69, 9.17) is 6.42 Å². The minimum Gasteiger partial charge on any atom is -0.370 e. The SMILES string of the molecule is C#Cc1cc(C)ccc1N1CCC(N(C)C)CC1.CC. The van der Waals surface area contributed by atoms with Crippen LogP contribution in [0.5, 0.6) is 0 Å². The Kier molecular flexibility index (Phi) is 6.61. The molecule has 20 heavy (non-hydrogen) atoms. The molecule has 0 bridgehead atoms. The van der Waals surface area contributed by atoms with Crippen LogP contribution in [0.4, 0.5) is 5.69 Å². The van der Waals surface area contributed by atoms with E-state index in [9.17, 15) is 0 Å². The van der Waals surface area contributed by atoms with Gasteiger partial charge in [-0.1, -0.05) is 25.8 Å². The standard InChI is InChI=1S/C16H22N2.C2H6/c1-5-14-12-13(2)6-7-16(14)18-10-8-15(9-11-18)17(3)4;1-2/h1,6-7,12,15H,8-11H2,2-4H3;1-2H3. The number of hydrogen-bond acceptors (Lipinski definition) is 2. The van der Waals surface area contributed by atoms with Crippen LogP contribution >= 0.6 is 0 Å². The second-order valence-electron chi connectivity index (χ2n) is 5.35. The Morgan fingerprint density at radius 1 is 1.20 bits per heavy atom. The van der Waals surface area contributed by atoms with Gasteiger partial charge in [-0.25, -0.2) is 0 Å². The summed E-state index contributed by atoms with van der Waals surface area (Å²) < 4.78 is 0. The van der Waals surface area contributed by atoms with Gasteiger partial charge >= 0.3 is 0 Å². The summed E-state index contributed by atoms with van der Waals surface area (Å²) in [7, 11) is 4.33. The van der Waals surface area contributed by atoms with E-state index in [-0.39, 0.29) is 0 Å². The van der Waals surface area contributed by atoms with E-state index in [1.807, 2.05) is 13.8 Å². The molecule has 0 N–H and O–H groups in total. The van der Waals surface area contributed by atoms with E-state index in [0.717, 1.165) is 18.7 Å². The molecule has 0 amide bonds. The molecule has 2 heteroatoms. The van der Waals surface area contributed by atoms with E-state index >= 15 is 0 Å². The first-order chi connectivity index (χ1) is 9.61. The van der Waals surface area contributed by atoms with Crippen molar-refractivity contribution in [2.75, 3.05) is 32.1 Å². The average molecular weight is 272 g/mol. The molecule has 0 spiro atoms. The normalized spacial score (nSPS) is 15.6. The fourth-order valence-corrected chi connectivity index (χ4v) is 2.66. The molecule has 1 heterocycles. The second kappa shape index (κ2) is 7.97. The zero-order valence-electron chi connectivity index (χ0n) is 13.6. The zero-order chi connectivity index (χ0) is 15.1. The summed E-state index contributed by atoms with van der Waals surface area (Å²) in [5.74, 6) is 2.82. The van der Waals surface area contributed by atoms with E-state index in [0.29, 0.717) is 6.04 Å². The molecule has 1 aromatic rings. The van der Waals surface area contributed by atoms with Gasteiger partial charge in [-0.3, -0.25) is 0 Å². The number of nitrogens with zero attached hydrogens (tertiary/aromatic N) is 2. The van der Waals surface area contributed by atoms with Crippen molar-refractivity contribution in [2.45, 2.75) is 39.7 Å². The Bertz CT molecular complexity index is 449. The molecule has 110 valence electrons. The van der Waals surface area contributed by atoms with Crippen LogP contribution in [0.1, 0.15) is 37.8 Å². The van der Waals surface area contributed by atoms with Crippen LogP contribution in [-0.4, -0.2) is 38.1 Å². The fraction of sp³-hybridized carbons (Fsp3) is 0.556. The largest absolute Gasteiger partial charge is 0.370 e. The Hall–Kier alpha value is -1.46. The van der Waals surface area contributed by atoms with Gasteiger partial charge in [0.15, 0.2) is 0 Å². The number of terminal acetylenes is 1. The highest BCUT2D eigenvalue weighted by Crippen LogP contribution is 2.25. The molecule has 0 aliphatic carbocycles. The molecular weight excluding hydrogens is 244 g/mol. The molecule has 0 atom stereocenters. The fourth-order valence-electron chi connectivity index (χ4n) is 2.66. The summed E-state index contributed by atoms with van der Waals surface area (Å²) in [4.78, 5) is 4.75. The number of rotatable bonds is 2. The third-order valence-corrected chi connectivity index (χ3v) is 3.84. The van der Waals surface area contributed by atoms with Crippen molar-refractivity contribution in [3.63, 3.8) is 0 Å². The van der Waals surface area contributed by atoms with Crippen LogP contribution in [0.3, 0.4) is 0 Å². The van der Waals surface area contributed by atoms with Crippen molar-refractivity contribution in [2.24, 2.45) is 0 Å². The molecule has 1 fully saturated rings. The van der Waals surface area contributed by atoms with Crippen LogP contribution in [0.15, 0.2) is 18.2 Å². The molecule has 1 aliphatic heterocycles. The third-order valence-electron chi connectivity index (χ3n) is 3.84. The number of benzene rings is 1. The zero-order valence-corrected chi connectivity index (χ0v) is 13.6. The van der Waals surface area contributed by atoms with Crippen LogP contribution < -0.4 is 4.90 Å². The van der Waals surface area contributed by atoms with Crippen molar-refractivity contribution in [1.29, 1.82) is 0 Å². The summed E-state index contributed by atoms with van der Waals surface area (Å²) >= 11 is 0. The Labute approximate surface area is 124 Å². The molecule has 0 aromatic heterocycles. The maximum atomic E-state index is 5.62.